The number of Topliss-reactive ketones (excluding diaryl/α,β-unsaturated/α-hetero) is 1. The zero-order valence-corrected chi connectivity index (χ0v) is 8.74. The fourth-order valence-corrected chi connectivity index (χ4v) is 1.06. The zero-order valence-electron chi connectivity index (χ0n) is 8.74. The molecule has 0 aromatic carbocycles. The maximum Gasteiger partial charge on any atom is 0.306 e. The monoisotopic (exact) mass is 200 g/mol. The minimum Gasteiger partial charge on any atom is -0.466 e. The van der Waals surface area contributed by atoms with Crippen LogP contribution in [0.1, 0.15) is 27.2 Å². The van der Waals surface area contributed by atoms with Crippen molar-refractivity contribution >= 4 is 17.5 Å². The number of ketones is 1. The topological polar surface area (TPSA) is 81.8 Å². The first-order valence-corrected chi connectivity index (χ1v) is 4.43. The van der Waals surface area contributed by atoms with Crippen LogP contribution in [0.25, 0.3) is 0 Å². The Morgan fingerprint density at radius 2 is 2.00 bits per heavy atom. The van der Waals surface area contributed by atoms with E-state index in [1.54, 1.807) is 13.8 Å². The van der Waals surface area contributed by atoms with E-state index in [-0.39, 0.29) is 12.2 Å². The van der Waals surface area contributed by atoms with Crippen LogP contribution in [0.3, 0.4) is 0 Å². The summed E-state index contributed by atoms with van der Waals surface area (Å²) < 4.78 is 4.73. The van der Waals surface area contributed by atoms with Gasteiger partial charge in [-0.15, -0.1) is 0 Å². The molecule has 1 unspecified atom stereocenters. The molecular weight excluding hydrogens is 184 g/mol. The lowest BCUT2D eigenvalue weighted by Gasteiger charge is -2.11. The van der Waals surface area contributed by atoms with Crippen molar-refractivity contribution in [1.29, 1.82) is 0 Å². The van der Waals surface area contributed by atoms with Crippen LogP contribution < -0.4 is 5.84 Å². The van der Waals surface area contributed by atoms with Crippen LogP contribution in [0.2, 0.25) is 0 Å². The molecule has 5 nitrogen and oxygen atoms in total. The lowest BCUT2D eigenvalue weighted by molar-refractivity contribution is -0.145. The Bertz CT molecular complexity index is 248. The third-order valence-electron chi connectivity index (χ3n) is 1.87. The van der Waals surface area contributed by atoms with Crippen molar-refractivity contribution in [2.75, 3.05) is 6.61 Å². The summed E-state index contributed by atoms with van der Waals surface area (Å²) in [5.74, 6) is 3.95. The number of hydrogen-bond acceptors (Lipinski definition) is 5. The number of esters is 1. The van der Waals surface area contributed by atoms with E-state index in [9.17, 15) is 9.59 Å². The van der Waals surface area contributed by atoms with Crippen molar-refractivity contribution in [2.24, 2.45) is 16.9 Å². The van der Waals surface area contributed by atoms with Crippen LogP contribution >= 0.6 is 0 Å². The molecule has 5 heteroatoms. The highest BCUT2D eigenvalue weighted by molar-refractivity contribution is 6.05. The fraction of sp³-hybridized carbons (Fsp3) is 0.667. The summed E-state index contributed by atoms with van der Waals surface area (Å²) >= 11 is 0. The molecule has 0 saturated carbocycles. The van der Waals surface area contributed by atoms with Gasteiger partial charge in [-0.3, -0.25) is 9.59 Å². The normalized spacial score (nSPS) is 13.5. The molecule has 0 aliphatic carbocycles. The van der Waals surface area contributed by atoms with Crippen molar-refractivity contribution in [1.82, 2.24) is 0 Å². The predicted molar refractivity (Wildman–Crippen MR) is 52.7 cm³/mol. The highest BCUT2D eigenvalue weighted by Crippen LogP contribution is 2.08. The maximum atomic E-state index is 11.1. The van der Waals surface area contributed by atoms with Gasteiger partial charge in [-0.2, -0.15) is 5.10 Å². The van der Waals surface area contributed by atoms with Crippen LogP contribution in [0, 0.1) is 5.92 Å². The molecular formula is C9H16N2O3. The first kappa shape index (κ1) is 12.6. The van der Waals surface area contributed by atoms with Crippen LogP contribution in [0.5, 0.6) is 0 Å². The number of hydrazone groups is 1. The molecule has 0 aromatic heterocycles. The molecule has 0 heterocycles. The number of ether oxygens (including phenoxy) is 1. The quantitative estimate of drug-likeness (QED) is 0.303. The van der Waals surface area contributed by atoms with Gasteiger partial charge in [0.2, 0.25) is 0 Å². The lowest BCUT2D eigenvalue weighted by atomic mass is 9.96. The minimum absolute atomic E-state index is 0.00963. The Hall–Kier alpha value is -1.39. The second-order valence-corrected chi connectivity index (χ2v) is 2.94. The number of nitrogens with two attached hydrogens (primary N) is 1. The van der Waals surface area contributed by atoms with E-state index in [0.29, 0.717) is 12.3 Å². The second-order valence-electron chi connectivity index (χ2n) is 2.94. The Morgan fingerprint density at radius 3 is 2.36 bits per heavy atom. The average molecular weight is 200 g/mol. The highest BCUT2D eigenvalue weighted by atomic mass is 16.5. The molecule has 0 aliphatic rings. The van der Waals surface area contributed by atoms with Gasteiger partial charge in [-0.05, 0) is 20.8 Å². The van der Waals surface area contributed by atoms with E-state index in [1.165, 1.54) is 6.92 Å². The molecule has 14 heavy (non-hydrogen) atoms. The van der Waals surface area contributed by atoms with Crippen molar-refractivity contribution in [2.45, 2.75) is 27.2 Å². The molecule has 0 aromatic rings. The summed E-state index contributed by atoms with van der Waals surface area (Å²) in [5, 5.41) is 3.41. The molecule has 0 amide bonds. The van der Waals surface area contributed by atoms with E-state index in [2.05, 4.69) is 5.10 Å². The van der Waals surface area contributed by atoms with E-state index >= 15 is 0 Å². The largest absolute Gasteiger partial charge is 0.466 e. The third kappa shape index (κ3) is 4.02. The summed E-state index contributed by atoms with van der Waals surface area (Å²) in [4.78, 5) is 22.2. The summed E-state index contributed by atoms with van der Waals surface area (Å²) in [7, 11) is 0. The number of carbonyl (C=O) groups excluding carboxylic acids is 2. The first-order valence-electron chi connectivity index (χ1n) is 4.43. The first-order chi connectivity index (χ1) is 6.52. The standard InChI is InChI=1S/C9H16N2O3/c1-4-14-9(13)5-8(7(3)12)6(2)11-10/h8H,4-5,10H2,1-3H3/b11-6-. The maximum absolute atomic E-state index is 11.1. The van der Waals surface area contributed by atoms with E-state index in [0.717, 1.165) is 0 Å². The molecule has 1 atom stereocenters. The molecule has 2 N–H and O–H groups in total. The Balaban J connectivity index is 4.39. The van der Waals surface area contributed by atoms with Gasteiger partial charge < -0.3 is 10.6 Å². The van der Waals surface area contributed by atoms with Crippen molar-refractivity contribution in [3.8, 4) is 0 Å². The molecule has 0 fully saturated rings. The molecule has 0 aliphatic heterocycles. The van der Waals surface area contributed by atoms with Gasteiger partial charge in [0, 0.05) is 5.71 Å². The van der Waals surface area contributed by atoms with Crippen LogP contribution in [-0.2, 0) is 14.3 Å². The Labute approximate surface area is 83.3 Å². The van der Waals surface area contributed by atoms with Crippen LogP contribution in [0.15, 0.2) is 5.10 Å². The minimum atomic E-state index is -0.556. The van der Waals surface area contributed by atoms with E-state index in [1.807, 2.05) is 0 Å². The molecule has 0 saturated heterocycles. The number of carbonyl (C=O) groups is 2. The van der Waals surface area contributed by atoms with Gasteiger partial charge in [0.1, 0.15) is 5.78 Å². The van der Waals surface area contributed by atoms with Gasteiger partial charge in [-0.25, -0.2) is 0 Å². The second kappa shape index (κ2) is 6.12. The van der Waals surface area contributed by atoms with Gasteiger partial charge >= 0.3 is 5.97 Å². The van der Waals surface area contributed by atoms with Gasteiger partial charge in [0.15, 0.2) is 0 Å². The molecule has 80 valence electrons. The number of rotatable bonds is 5. The highest BCUT2D eigenvalue weighted by Gasteiger charge is 2.21. The van der Waals surface area contributed by atoms with Crippen molar-refractivity contribution < 1.29 is 14.3 Å². The average Bonchev–Trinajstić information content (AvgIpc) is 2.13. The summed E-state index contributed by atoms with van der Waals surface area (Å²) in [6.07, 6.45) is 0.00963. The van der Waals surface area contributed by atoms with Gasteiger partial charge in [-0.1, -0.05) is 0 Å². The van der Waals surface area contributed by atoms with Crippen LogP contribution in [-0.4, -0.2) is 24.1 Å². The molecule has 0 bridgehead atoms. The summed E-state index contributed by atoms with van der Waals surface area (Å²) in [6, 6.07) is 0. The fourth-order valence-electron chi connectivity index (χ4n) is 1.06. The van der Waals surface area contributed by atoms with Crippen molar-refractivity contribution in [3.63, 3.8) is 0 Å². The molecule has 0 rings (SSSR count). The van der Waals surface area contributed by atoms with Crippen LogP contribution in [0.4, 0.5) is 0 Å². The molecule has 0 spiro atoms. The van der Waals surface area contributed by atoms with Gasteiger partial charge in [0.25, 0.3) is 0 Å². The Kier molecular flexibility index (Phi) is 5.52. The summed E-state index contributed by atoms with van der Waals surface area (Å²) in [6.45, 7) is 5.04. The van der Waals surface area contributed by atoms with E-state index < -0.39 is 11.9 Å². The lowest BCUT2D eigenvalue weighted by Crippen LogP contribution is -2.25. The number of nitrogens with zero attached hydrogens (tertiary/aromatic N) is 1. The Morgan fingerprint density at radius 1 is 1.43 bits per heavy atom. The smallest absolute Gasteiger partial charge is 0.306 e. The van der Waals surface area contributed by atoms with E-state index in [4.69, 9.17) is 10.6 Å². The SMILES string of the molecule is CCOC(=O)CC(C(C)=O)/C(C)=N\N. The summed E-state index contributed by atoms with van der Waals surface area (Å²) in [5.41, 5.74) is 0.450. The predicted octanol–water partition coefficient (Wildman–Crippen LogP) is 0.479. The number of hydrogen-bond donors (Lipinski definition) is 1. The van der Waals surface area contributed by atoms with Gasteiger partial charge in [0.05, 0.1) is 18.9 Å². The zero-order chi connectivity index (χ0) is 11.1. The third-order valence-corrected chi connectivity index (χ3v) is 1.87. The molecule has 0 radical (unpaired) electrons. The van der Waals surface area contributed by atoms with Crippen molar-refractivity contribution in [3.05, 3.63) is 0 Å².